The van der Waals surface area contributed by atoms with E-state index in [1.165, 1.54) is 25.3 Å². The number of ether oxygens (including phenoxy) is 1. The van der Waals surface area contributed by atoms with Gasteiger partial charge in [-0.3, -0.25) is 4.79 Å². The fourth-order valence-corrected chi connectivity index (χ4v) is 2.66. The van der Waals surface area contributed by atoms with Crippen molar-refractivity contribution in [1.29, 1.82) is 0 Å². The molecule has 1 N–H and O–H groups in total. The van der Waals surface area contributed by atoms with E-state index >= 15 is 0 Å². The summed E-state index contributed by atoms with van der Waals surface area (Å²) < 4.78 is 18.5. The summed E-state index contributed by atoms with van der Waals surface area (Å²) >= 11 is 0. The second-order valence-corrected chi connectivity index (χ2v) is 5.56. The highest BCUT2D eigenvalue weighted by Gasteiger charge is 2.16. The lowest BCUT2D eigenvalue weighted by Crippen LogP contribution is -2.26. The minimum Gasteiger partial charge on any atom is -0.478 e. The molecule has 2 rings (SSSR count). The number of benzene rings is 1. The number of rotatable bonds is 5. The van der Waals surface area contributed by atoms with Crippen molar-refractivity contribution in [2.45, 2.75) is 38.5 Å². The van der Waals surface area contributed by atoms with Crippen molar-refractivity contribution in [3.05, 3.63) is 30.1 Å². The molecule has 118 valence electrons. The minimum absolute atomic E-state index is 0.0659. The molecule has 22 heavy (non-hydrogen) atoms. The molecular weight excluding hydrogens is 281 g/mol. The van der Waals surface area contributed by atoms with Crippen LogP contribution in [-0.2, 0) is 4.79 Å². The normalized spacial score (nSPS) is 14.8. The Labute approximate surface area is 131 Å². The maximum Gasteiger partial charge on any atom is 0.221 e. The molecule has 0 aliphatic heterocycles. The van der Waals surface area contributed by atoms with Crippen molar-refractivity contribution in [1.82, 2.24) is 5.32 Å². The van der Waals surface area contributed by atoms with Crippen LogP contribution in [0.1, 0.15) is 38.5 Å². The number of para-hydroxylation sites is 1. The van der Waals surface area contributed by atoms with E-state index in [4.69, 9.17) is 4.74 Å². The van der Waals surface area contributed by atoms with Gasteiger partial charge in [-0.2, -0.15) is 0 Å². The van der Waals surface area contributed by atoms with Gasteiger partial charge < -0.3 is 10.1 Å². The van der Waals surface area contributed by atoms with Crippen LogP contribution in [0, 0.1) is 23.6 Å². The highest BCUT2D eigenvalue weighted by Crippen LogP contribution is 2.25. The fourth-order valence-electron chi connectivity index (χ4n) is 2.66. The Morgan fingerprint density at radius 3 is 2.77 bits per heavy atom. The third kappa shape index (κ3) is 5.77. The molecule has 1 aromatic rings. The second kappa shape index (κ2) is 9.09. The van der Waals surface area contributed by atoms with Crippen molar-refractivity contribution in [3.8, 4) is 17.6 Å². The van der Waals surface area contributed by atoms with E-state index in [1.807, 2.05) is 0 Å². The molecule has 0 heterocycles. The Balaban J connectivity index is 1.60. The molecule has 3 nitrogen and oxygen atoms in total. The van der Waals surface area contributed by atoms with Gasteiger partial charge in [0.1, 0.15) is 6.61 Å². The van der Waals surface area contributed by atoms with Gasteiger partial charge in [-0.05, 0) is 30.9 Å². The Hall–Kier alpha value is -2.02. The quantitative estimate of drug-likeness (QED) is 0.848. The largest absolute Gasteiger partial charge is 0.478 e. The van der Waals surface area contributed by atoms with Crippen molar-refractivity contribution >= 4 is 5.91 Å². The standard InChI is InChI=1S/C18H22FNO2/c19-16-10-4-5-11-17(16)22-13-7-6-12-20-18(21)14-15-8-2-1-3-9-15/h4-5,10-11,15H,1-3,8-9,12-14H2,(H,20,21). The van der Waals surface area contributed by atoms with Gasteiger partial charge in [0.25, 0.3) is 0 Å². The molecule has 0 aromatic heterocycles. The number of carbonyl (C=O) groups excluding carboxylic acids is 1. The number of nitrogens with one attached hydrogen (secondary N) is 1. The summed E-state index contributed by atoms with van der Waals surface area (Å²) in [5, 5.41) is 2.80. The Kier molecular flexibility index (Phi) is 6.76. The van der Waals surface area contributed by atoms with E-state index < -0.39 is 5.82 Å². The first-order chi connectivity index (χ1) is 10.8. The number of hydrogen-bond donors (Lipinski definition) is 1. The van der Waals surface area contributed by atoms with Gasteiger partial charge >= 0.3 is 0 Å². The van der Waals surface area contributed by atoms with Crippen LogP contribution in [0.25, 0.3) is 0 Å². The van der Waals surface area contributed by atoms with E-state index in [1.54, 1.807) is 18.2 Å². The van der Waals surface area contributed by atoms with Gasteiger partial charge in [0.05, 0.1) is 6.54 Å². The smallest absolute Gasteiger partial charge is 0.221 e. The van der Waals surface area contributed by atoms with Crippen LogP contribution in [0.3, 0.4) is 0 Å². The highest BCUT2D eigenvalue weighted by molar-refractivity contribution is 5.76. The lowest BCUT2D eigenvalue weighted by atomic mass is 9.87. The van der Waals surface area contributed by atoms with Gasteiger partial charge in [0.2, 0.25) is 5.91 Å². The Morgan fingerprint density at radius 1 is 1.23 bits per heavy atom. The van der Waals surface area contributed by atoms with E-state index in [2.05, 4.69) is 17.2 Å². The third-order valence-electron chi connectivity index (χ3n) is 3.83. The van der Waals surface area contributed by atoms with Crippen LogP contribution in [0.15, 0.2) is 24.3 Å². The molecule has 0 atom stereocenters. The van der Waals surface area contributed by atoms with E-state index in [9.17, 15) is 9.18 Å². The molecule has 1 aliphatic carbocycles. The van der Waals surface area contributed by atoms with Crippen molar-refractivity contribution in [2.75, 3.05) is 13.2 Å². The molecule has 1 aliphatic rings. The van der Waals surface area contributed by atoms with Crippen LogP contribution in [-0.4, -0.2) is 19.1 Å². The summed E-state index contributed by atoms with van der Waals surface area (Å²) in [6.07, 6.45) is 6.71. The Bertz CT molecular complexity index is 542. The van der Waals surface area contributed by atoms with Crippen molar-refractivity contribution in [3.63, 3.8) is 0 Å². The van der Waals surface area contributed by atoms with Gasteiger partial charge in [0, 0.05) is 6.42 Å². The zero-order valence-electron chi connectivity index (χ0n) is 12.7. The van der Waals surface area contributed by atoms with Crippen molar-refractivity contribution in [2.24, 2.45) is 5.92 Å². The lowest BCUT2D eigenvalue weighted by Gasteiger charge is -2.20. The highest BCUT2D eigenvalue weighted by atomic mass is 19.1. The second-order valence-electron chi connectivity index (χ2n) is 5.56. The zero-order valence-corrected chi connectivity index (χ0v) is 12.7. The van der Waals surface area contributed by atoms with Crippen LogP contribution < -0.4 is 10.1 Å². The Morgan fingerprint density at radius 2 is 2.00 bits per heavy atom. The molecule has 1 amide bonds. The summed E-state index contributed by atoms with van der Waals surface area (Å²) in [4.78, 5) is 11.8. The van der Waals surface area contributed by atoms with Gasteiger partial charge in [-0.1, -0.05) is 43.2 Å². The fraction of sp³-hybridized carbons (Fsp3) is 0.500. The van der Waals surface area contributed by atoms with E-state index in [-0.39, 0.29) is 18.3 Å². The maximum atomic E-state index is 13.3. The summed E-state index contributed by atoms with van der Waals surface area (Å²) in [6, 6.07) is 6.21. The monoisotopic (exact) mass is 303 g/mol. The third-order valence-corrected chi connectivity index (χ3v) is 3.83. The van der Waals surface area contributed by atoms with Gasteiger partial charge in [-0.15, -0.1) is 0 Å². The minimum atomic E-state index is -0.398. The predicted molar refractivity (Wildman–Crippen MR) is 83.9 cm³/mol. The number of amides is 1. The lowest BCUT2D eigenvalue weighted by molar-refractivity contribution is -0.122. The van der Waals surface area contributed by atoms with Crippen LogP contribution >= 0.6 is 0 Å². The zero-order chi connectivity index (χ0) is 15.6. The molecule has 0 radical (unpaired) electrons. The van der Waals surface area contributed by atoms with Crippen LogP contribution in [0.5, 0.6) is 5.75 Å². The predicted octanol–water partition coefficient (Wildman–Crippen LogP) is 3.29. The van der Waals surface area contributed by atoms with Crippen LogP contribution in [0.4, 0.5) is 4.39 Å². The summed E-state index contributed by atoms with van der Waals surface area (Å²) in [5.74, 6) is 5.97. The first-order valence-corrected chi connectivity index (χ1v) is 7.85. The molecular formula is C18H22FNO2. The van der Waals surface area contributed by atoms with Gasteiger partial charge in [-0.25, -0.2) is 4.39 Å². The topological polar surface area (TPSA) is 38.3 Å². The molecule has 4 heteroatoms. The molecule has 0 saturated heterocycles. The molecule has 0 bridgehead atoms. The average Bonchev–Trinajstić information content (AvgIpc) is 2.53. The number of carbonyl (C=O) groups is 1. The number of halogens is 1. The summed E-state index contributed by atoms with van der Waals surface area (Å²) in [7, 11) is 0. The SMILES string of the molecule is O=C(CC1CCCCC1)NCC#CCOc1ccccc1F. The summed E-state index contributed by atoms with van der Waals surface area (Å²) in [5.41, 5.74) is 0. The molecule has 0 spiro atoms. The molecule has 1 fully saturated rings. The molecule has 1 aromatic carbocycles. The van der Waals surface area contributed by atoms with Crippen LogP contribution in [0.2, 0.25) is 0 Å². The average molecular weight is 303 g/mol. The molecule has 1 saturated carbocycles. The first-order valence-electron chi connectivity index (χ1n) is 7.85. The number of hydrogen-bond acceptors (Lipinski definition) is 2. The first kappa shape index (κ1) is 16.4. The molecule has 0 unspecified atom stereocenters. The van der Waals surface area contributed by atoms with Crippen molar-refractivity contribution < 1.29 is 13.9 Å². The van der Waals surface area contributed by atoms with E-state index in [0.29, 0.717) is 18.9 Å². The summed E-state index contributed by atoms with van der Waals surface area (Å²) in [6.45, 7) is 0.422. The maximum absolute atomic E-state index is 13.3. The van der Waals surface area contributed by atoms with E-state index in [0.717, 1.165) is 12.8 Å². The van der Waals surface area contributed by atoms with Gasteiger partial charge in [0.15, 0.2) is 11.6 Å².